The Labute approximate surface area is 153 Å². The van der Waals surface area contributed by atoms with Crippen molar-refractivity contribution in [1.82, 2.24) is 10.6 Å². The minimum Gasteiger partial charge on any atom is -0.337 e. The van der Waals surface area contributed by atoms with Crippen LogP contribution in [0.15, 0.2) is 18.2 Å². The highest BCUT2D eigenvalue weighted by molar-refractivity contribution is 6.35. The Kier molecular flexibility index (Phi) is 6.91. The lowest BCUT2D eigenvalue weighted by atomic mass is 9.92. The zero-order chi connectivity index (χ0) is 17.6. The van der Waals surface area contributed by atoms with Gasteiger partial charge in [-0.3, -0.25) is 4.79 Å². The van der Waals surface area contributed by atoms with Gasteiger partial charge in [-0.15, -0.1) is 0 Å². The van der Waals surface area contributed by atoms with Gasteiger partial charge in [-0.2, -0.15) is 5.26 Å². The van der Waals surface area contributed by atoms with Crippen LogP contribution < -0.4 is 10.6 Å². The third-order valence-corrected chi connectivity index (χ3v) is 5.11. The molecule has 1 aliphatic rings. The van der Waals surface area contributed by atoms with Crippen LogP contribution in [-0.4, -0.2) is 18.0 Å². The number of hydrogen-bond donors (Lipinski definition) is 2. The van der Waals surface area contributed by atoms with E-state index in [0.29, 0.717) is 10.0 Å². The molecule has 0 aliphatic heterocycles. The van der Waals surface area contributed by atoms with E-state index in [1.807, 2.05) is 13.0 Å². The van der Waals surface area contributed by atoms with Crippen molar-refractivity contribution in [2.24, 2.45) is 0 Å². The maximum atomic E-state index is 12.3. The van der Waals surface area contributed by atoms with E-state index in [4.69, 9.17) is 23.2 Å². The van der Waals surface area contributed by atoms with Crippen LogP contribution in [0.3, 0.4) is 0 Å². The number of amides is 1. The fourth-order valence-electron chi connectivity index (χ4n) is 3.12. The summed E-state index contributed by atoms with van der Waals surface area (Å²) >= 11 is 12.1. The summed E-state index contributed by atoms with van der Waals surface area (Å²) in [6.45, 7) is 2.08. The summed E-state index contributed by atoms with van der Waals surface area (Å²) in [5.41, 5.74) is 0.175. The molecule has 0 saturated heterocycles. The predicted octanol–water partition coefficient (Wildman–Crippen LogP) is 4.38. The lowest BCUT2D eigenvalue weighted by Gasteiger charge is -2.27. The molecular formula is C18H23Cl2N3O. The summed E-state index contributed by atoms with van der Waals surface area (Å²) in [6, 6.07) is 7.55. The zero-order valence-electron chi connectivity index (χ0n) is 13.9. The van der Waals surface area contributed by atoms with Crippen molar-refractivity contribution in [3.63, 3.8) is 0 Å². The fraction of sp³-hybridized carbons (Fsp3) is 0.556. The lowest BCUT2D eigenvalue weighted by Crippen LogP contribution is -2.50. The van der Waals surface area contributed by atoms with E-state index >= 15 is 0 Å². The van der Waals surface area contributed by atoms with Crippen LogP contribution in [0.5, 0.6) is 0 Å². The Morgan fingerprint density at radius 2 is 1.96 bits per heavy atom. The summed E-state index contributed by atoms with van der Waals surface area (Å²) < 4.78 is 0. The smallest absolute Gasteiger partial charge is 0.235 e. The first-order valence-corrected chi connectivity index (χ1v) is 9.12. The number of carbonyl (C=O) groups excluding carboxylic acids is 1. The summed E-state index contributed by atoms with van der Waals surface area (Å²) in [7, 11) is 0. The number of nitrogens with one attached hydrogen (secondary N) is 2. The van der Waals surface area contributed by atoms with Gasteiger partial charge < -0.3 is 10.6 Å². The summed E-state index contributed by atoms with van der Waals surface area (Å²) in [4.78, 5) is 12.3. The molecule has 4 nitrogen and oxygen atoms in total. The number of hydrogen-bond acceptors (Lipinski definition) is 3. The maximum Gasteiger partial charge on any atom is 0.235 e. The van der Waals surface area contributed by atoms with Crippen LogP contribution in [0.4, 0.5) is 0 Å². The number of benzene rings is 1. The Bertz CT molecular complexity index is 619. The molecule has 1 saturated carbocycles. The molecule has 1 atom stereocenters. The molecule has 1 unspecified atom stereocenters. The van der Waals surface area contributed by atoms with Crippen molar-refractivity contribution in [2.45, 2.75) is 57.0 Å². The first-order valence-electron chi connectivity index (χ1n) is 8.36. The van der Waals surface area contributed by atoms with E-state index in [9.17, 15) is 10.1 Å². The molecule has 0 bridgehead atoms. The van der Waals surface area contributed by atoms with E-state index in [1.165, 1.54) is 0 Å². The molecule has 2 rings (SSSR count). The molecule has 24 heavy (non-hydrogen) atoms. The molecule has 0 spiro atoms. The van der Waals surface area contributed by atoms with Crippen molar-refractivity contribution in [3.8, 4) is 6.07 Å². The average Bonchev–Trinajstić information content (AvgIpc) is 2.79. The lowest BCUT2D eigenvalue weighted by molar-refractivity contribution is -0.121. The van der Waals surface area contributed by atoms with E-state index in [0.717, 1.165) is 44.1 Å². The van der Waals surface area contributed by atoms with Crippen LogP contribution in [0.1, 0.15) is 57.1 Å². The second kappa shape index (κ2) is 8.71. The maximum absolute atomic E-state index is 12.3. The van der Waals surface area contributed by atoms with E-state index in [2.05, 4.69) is 16.7 Å². The van der Waals surface area contributed by atoms with Crippen molar-refractivity contribution < 1.29 is 4.79 Å². The minimum atomic E-state index is -0.712. The SMILES string of the molecule is CC(NCC(=O)NC1(C#N)CCCCCC1)c1ccc(Cl)cc1Cl. The van der Waals surface area contributed by atoms with Gasteiger partial charge in [-0.1, -0.05) is 55.0 Å². The van der Waals surface area contributed by atoms with Gasteiger partial charge >= 0.3 is 0 Å². The first-order chi connectivity index (χ1) is 11.5. The van der Waals surface area contributed by atoms with Crippen molar-refractivity contribution in [3.05, 3.63) is 33.8 Å². The second-order valence-electron chi connectivity index (χ2n) is 6.42. The highest BCUT2D eigenvalue weighted by atomic mass is 35.5. The predicted molar refractivity (Wildman–Crippen MR) is 97.1 cm³/mol. The van der Waals surface area contributed by atoms with Crippen LogP contribution in [0.2, 0.25) is 10.0 Å². The molecule has 1 aromatic rings. The molecule has 2 N–H and O–H groups in total. The highest BCUT2D eigenvalue weighted by Crippen LogP contribution is 2.27. The van der Waals surface area contributed by atoms with Gasteiger partial charge in [0.25, 0.3) is 0 Å². The fourth-order valence-corrected chi connectivity index (χ4v) is 3.69. The van der Waals surface area contributed by atoms with Gasteiger partial charge in [0.1, 0.15) is 5.54 Å². The molecule has 6 heteroatoms. The van der Waals surface area contributed by atoms with Gasteiger partial charge in [0, 0.05) is 16.1 Å². The molecule has 0 aromatic heterocycles. The Balaban J connectivity index is 1.91. The largest absolute Gasteiger partial charge is 0.337 e. The second-order valence-corrected chi connectivity index (χ2v) is 7.27. The van der Waals surface area contributed by atoms with Gasteiger partial charge in [-0.05, 0) is 37.5 Å². The van der Waals surface area contributed by atoms with Gasteiger partial charge in [-0.25, -0.2) is 0 Å². The van der Waals surface area contributed by atoms with Crippen LogP contribution >= 0.6 is 23.2 Å². The van der Waals surface area contributed by atoms with E-state index in [1.54, 1.807) is 12.1 Å². The average molecular weight is 368 g/mol. The number of halogens is 2. The molecule has 130 valence electrons. The molecule has 1 amide bonds. The van der Waals surface area contributed by atoms with Crippen LogP contribution in [-0.2, 0) is 4.79 Å². The number of nitrogens with zero attached hydrogens (tertiary/aromatic N) is 1. The number of rotatable bonds is 5. The molecule has 0 radical (unpaired) electrons. The molecule has 1 fully saturated rings. The topological polar surface area (TPSA) is 64.9 Å². The van der Waals surface area contributed by atoms with Gasteiger partial charge in [0.15, 0.2) is 0 Å². The van der Waals surface area contributed by atoms with Crippen LogP contribution in [0, 0.1) is 11.3 Å². The van der Waals surface area contributed by atoms with E-state index in [-0.39, 0.29) is 18.5 Å². The molecular weight excluding hydrogens is 345 g/mol. The third kappa shape index (κ3) is 5.11. The Hall–Kier alpha value is -1.28. The normalized spacial score (nSPS) is 18.2. The van der Waals surface area contributed by atoms with Crippen molar-refractivity contribution in [1.29, 1.82) is 5.26 Å². The molecule has 0 heterocycles. The van der Waals surface area contributed by atoms with Crippen LogP contribution in [0.25, 0.3) is 0 Å². The monoisotopic (exact) mass is 367 g/mol. The van der Waals surface area contributed by atoms with E-state index < -0.39 is 5.54 Å². The quantitative estimate of drug-likeness (QED) is 0.759. The third-order valence-electron chi connectivity index (χ3n) is 4.55. The van der Waals surface area contributed by atoms with Crippen molar-refractivity contribution in [2.75, 3.05) is 6.54 Å². The number of carbonyl (C=O) groups is 1. The molecule has 1 aliphatic carbocycles. The first kappa shape index (κ1) is 19.1. The van der Waals surface area contributed by atoms with Gasteiger partial charge in [0.2, 0.25) is 5.91 Å². The minimum absolute atomic E-state index is 0.0901. The summed E-state index contributed by atoms with van der Waals surface area (Å²) in [6.07, 6.45) is 5.69. The highest BCUT2D eigenvalue weighted by Gasteiger charge is 2.32. The van der Waals surface area contributed by atoms with Gasteiger partial charge in [0.05, 0.1) is 12.6 Å². The number of nitriles is 1. The standard InChI is InChI=1S/C18H23Cl2N3O/c1-13(15-7-6-14(19)10-16(15)20)22-11-17(24)23-18(12-21)8-4-2-3-5-9-18/h6-7,10,13,22H,2-5,8-9,11H2,1H3,(H,23,24). The van der Waals surface area contributed by atoms with Crippen molar-refractivity contribution >= 4 is 29.1 Å². The Morgan fingerprint density at radius 1 is 1.29 bits per heavy atom. The molecule has 1 aromatic carbocycles. The Morgan fingerprint density at radius 3 is 2.54 bits per heavy atom. The zero-order valence-corrected chi connectivity index (χ0v) is 15.4. The summed E-state index contributed by atoms with van der Waals surface area (Å²) in [5.74, 6) is -0.157. The summed E-state index contributed by atoms with van der Waals surface area (Å²) in [5, 5.41) is 16.8.